The minimum atomic E-state index is -0.302. The molecule has 0 fully saturated rings. The summed E-state index contributed by atoms with van der Waals surface area (Å²) in [5.74, 6) is 0. The van der Waals surface area contributed by atoms with Crippen LogP contribution in [0.3, 0.4) is 0 Å². The molecular formula is C22H25ClN4O2. The smallest absolute Gasteiger partial charge is 0.321 e. The number of aryl methyl sites for hydroxylation is 1. The van der Waals surface area contributed by atoms with Crippen molar-refractivity contribution >= 4 is 34.2 Å². The number of likely N-dealkylation sites (N-methyl/N-ethyl adjacent to an activating group) is 1. The quantitative estimate of drug-likeness (QED) is 0.640. The van der Waals surface area contributed by atoms with E-state index >= 15 is 0 Å². The van der Waals surface area contributed by atoms with Crippen LogP contribution in [0, 0.1) is 6.92 Å². The molecule has 0 aliphatic heterocycles. The first kappa shape index (κ1) is 20.9. The summed E-state index contributed by atoms with van der Waals surface area (Å²) < 4.78 is 0. The maximum atomic E-state index is 12.9. The zero-order chi connectivity index (χ0) is 21.0. The number of aromatic amines is 1. The van der Waals surface area contributed by atoms with Crippen molar-refractivity contribution in [1.29, 1.82) is 0 Å². The van der Waals surface area contributed by atoms with Gasteiger partial charge in [-0.25, -0.2) is 4.79 Å². The fourth-order valence-electron chi connectivity index (χ4n) is 3.08. The molecule has 2 aromatic carbocycles. The second kappa shape index (κ2) is 9.11. The Labute approximate surface area is 175 Å². The molecule has 0 bridgehead atoms. The van der Waals surface area contributed by atoms with E-state index in [2.05, 4.69) is 10.3 Å². The highest BCUT2D eigenvalue weighted by Crippen LogP contribution is 2.21. The Kier molecular flexibility index (Phi) is 6.56. The van der Waals surface area contributed by atoms with Gasteiger partial charge in [-0.1, -0.05) is 41.9 Å². The van der Waals surface area contributed by atoms with E-state index in [1.54, 1.807) is 23.1 Å². The number of hydrogen-bond acceptors (Lipinski definition) is 3. The van der Waals surface area contributed by atoms with E-state index in [0.717, 1.165) is 16.5 Å². The van der Waals surface area contributed by atoms with Crippen LogP contribution in [-0.2, 0) is 6.54 Å². The topological polar surface area (TPSA) is 68.4 Å². The van der Waals surface area contributed by atoms with E-state index in [-0.39, 0.29) is 18.1 Å². The molecule has 0 saturated carbocycles. The van der Waals surface area contributed by atoms with Gasteiger partial charge in [-0.15, -0.1) is 0 Å². The molecule has 6 nitrogen and oxygen atoms in total. The summed E-state index contributed by atoms with van der Waals surface area (Å²) in [6.45, 7) is 3.29. The number of benzene rings is 2. The van der Waals surface area contributed by atoms with Crippen LogP contribution in [0.5, 0.6) is 0 Å². The van der Waals surface area contributed by atoms with Crippen molar-refractivity contribution in [3.05, 3.63) is 75.0 Å². The first-order valence-corrected chi connectivity index (χ1v) is 9.79. The zero-order valence-corrected chi connectivity index (χ0v) is 17.6. The number of urea groups is 1. The number of aromatic nitrogens is 1. The van der Waals surface area contributed by atoms with Crippen LogP contribution in [0.15, 0.2) is 53.3 Å². The molecule has 0 atom stereocenters. The molecule has 0 aliphatic rings. The Morgan fingerprint density at radius 1 is 1.10 bits per heavy atom. The highest BCUT2D eigenvalue weighted by molar-refractivity contribution is 6.33. The van der Waals surface area contributed by atoms with Crippen molar-refractivity contribution in [1.82, 2.24) is 14.8 Å². The largest absolute Gasteiger partial charge is 0.322 e. The number of nitrogens with one attached hydrogen (secondary N) is 2. The molecule has 0 spiro atoms. The van der Waals surface area contributed by atoms with E-state index in [4.69, 9.17) is 11.6 Å². The second-order valence-corrected chi connectivity index (χ2v) is 7.70. The summed E-state index contributed by atoms with van der Waals surface area (Å²) in [4.78, 5) is 32.1. The average Bonchev–Trinajstić information content (AvgIpc) is 2.67. The van der Waals surface area contributed by atoms with Crippen LogP contribution < -0.4 is 10.9 Å². The summed E-state index contributed by atoms with van der Waals surface area (Å²) in [5.41, 5.74) is 2.72. The van der Waals surface area contributed by atoms with Gasteiger partial charge in [-0.2, -0.15) is 0 Å². The number of para-hydroxylation sites is 2. The van der Waals surface area contributed by atoms with E-state index in [9.17, 15) is 9.59 Å². The number of hydrogen-bond donors (Lipinski definition) is 2. The maximum absolute atomic E-state index is 12.9. The van der Waals surface area contributed by atoms with Gasteiger partial charge < -0.3 is 20.1 Å². The molecular weight excluding hydrogens is 388 g/mol. The Morgan fingerprint density at radius 2 is 1.86 bits per heavy atom. The number of anilines is 1. The van der Waals surface area contributed by atoms with Gasteiger partial charge in [0.15, 0.2) is 0 Å². The number of halogens is 1. The molecule has 29 heavy (non-hydrogen) atoms. The third-order valence-corrected chi connectivity index (χ3v) is 5.08. The van der Waals surface area contributed by atoms with Crippen LogP contribution in [-0.4, -0.2) is 48.0 Å². The Morgan fingerprint density at radius 3 is 2.59 bits per heavy atom. The highest BCUT2D eigenvalue weighted by Gasteiger charge is 2.17. The van der Waals surface area contributed by atoms with E-state index < -0.39 is 0 Å². The van der Waals surface area contributed by atoms with Crippen LogP contribution >= 0.6 is 11.6 Å². The second-order valence-electron chi connectivity index (χ2n) is 7.30. The third kappa shape index (κ3) is 5.16. The Hall–Kier alpha value is -2.83. The van der Waals surface area contributed by atoms with Crippen molar-refractivity contribution in [2.45, 2.75) is 13.5 Å². The molecule has 3 aromatic rings. The van der Waals surface area contributed by atoms with Crippen LogP contribution in [0.2, 0.25) is 5.02 Å². The van der Waals surface area contributed by atoms with Gasteiger partial charge in [0.05, 0.1) is 22.8 Å². The van der Waals surface area contributed by atoms with Gasteiger partial charge in [0, 0.05) is 18.7 Å². The summed E-state index contributed by atoms with van der Waals surface area (Å²) >= 11 is 6.17. The van der Waals surface area contributed by atoms with Crippen LogP contribution in [0.1, 0.15) is 11.1 Å². The molecule has 0 unspecified atom stereocenters. The number of H-pyrrole nitrogens is 1. The summed E-state index contributed by atoms with van der Waals surface area (Å²) in [6.07, 6.45) is 0. The molecule has 152 valence electrons. The molecule has 0 radical (unpaired) electrons. The minimum Gasteiger partial charge on any atom is -0.321 e. The zero-order valence-electron chi connectivity index (χ0n) is 16.8. The first-order valence-electron chi connectivity index (χ1n) is 9.42. The first-order chi connectivity index (χ1) is 13.8. The molecule has 7 heteroatoms. The predicted octanol–water partition coefficient (Wildman–Crippen LogP) is 4.09. The lowest BCUT2D eigenvalue weighted by Gasteiger charge is -2.25. The summed E-state index contributed by atoms with van der Waals surface area (Å²) in [5, 5.41) is 4.25. The Balaban J connectivity index is 1.88. The molecule has 0 aliphatic carbocycles. The fourth-order valence-corrected chi connectivity index (χ4v) is 3.26. The predicted molar refractivity (Wildman–Crippen MR) is 119 cm³/mol. The van der Waals surface area contributed by atoms with Crippen molar-refractivity contribution in [3.8, 4) is 0 Å². The SMILES string of the molecule is Cc1cccc2cc(CN(CCN(C)C)C(=O)Nc3ccccc3Cl)c(=O)[nH]c12. The number of pyridine rings is 1. The minimum absolute atomic E-state index is 0.188. The normalized spacial score (nSPS) is 11.1. The monoisotopic (exact) mass is 412 g/mol. The number of carbonyl (C=O) groups is 1. The Bertz CT molecular complexity index is 1080. The molecule has 1 heterocycles. The van der Waals surface area contributed by atoms with Gasteiger partial charge in [0.1, 0.15) is 0 Å². The van der Waals surface area contributed by atoms with E-state index in [1.807, 2.05) is 56.3 Å². The van der Waals surface area contributed by atoms with Crippen molar-refractivity contribution in [2.24, 2.45) is 0 Å². The fraction of sp³-hybridized carbons (Fsp3) is 0.273. The number of nitrogens with zero attached hydrogens (tertiary/aromatic N) is 2. The van der Waals surface area contributed by atoms with E-state index in [1.165, 1.54) is 0 Å². The van der Waals surface area contributed by atoms with Gasteiger partial charge in [-0.3, -0.25) is 4.79 Å². The molecule has 2 N–H and O–H groups in total. The molecule has 2 amide bonds. The lowest BCUT2D eigenvalue weighted by molar-refractivity contribution is 0.202. The third-order valence-electron chi connectivity index (χ3n) is 4.75. The lowest BCUT2D eigenvalue weighted by atomic mass is 10.1. The van der Waals surface area contributed by atoms with Gasteiger partial charge in [0.2, 0.25) is 0 Å². The highest BCUT2D eigenvalue weighted by atomic mass is 35.5. The average molecular weight is 413 g/mol. The lowest BCUT2D eigenvalue weighted by Crippen LogP contribution is -2.40. The van der Waals surface area contributed by atoms with Crippen LogP contribution in [0.25, 0.3) is 10.9 Å². The van der Waals surface area contributed by atoms with Crippen LogP contribution in [0.4, 0.5) is 10.5 Å². The standard InChI is InChI=1S/C22H25ClN4O2/c1-15-7-6-8-16-13-17(21(28)25-20(15)16)14-27(12-11-26(2)3)22(29)24-19-10-5-4-9-18(19)23/h4-10,13H,11-12,14H2,1-3H3,(H,24,29)(H,25,28). The number of fused-ring (bicyclic) bond motifs is 1. The van der Waals surface area contributed by atoms with Gasteiger partial charge in [0.25, 0.3) is 5.56 Å². The summed E-state index contributed by atoms with van der Waals surface area (Å²) in [6, 6.07) is 14.5. The van der Waals surface area contributed by atoms with Crippen molar-refractivity contribution < 1.29 is 4.79 Å². The summed E-state index contributed by atoms with van der Waals surface area (Å²) in [7, 11) is 3.88. The van der Waals surface area contributed by atoms with Crippen molar-refractivity contribution in [3.63, 3.8) is 0 Å². The number of carbonyl (C=O) groups excluding carboxylic acids is 1. The van der Waals surface area contributed by atoms with E-state index in [0.29, 0.717) is 29.4 Å². The number of rotatable bonds is 6. The molecule has 1 aromatic heterocycles. The van der Waals surface area contributed by atoms with Crippen molar-refractivity contribution in [2.75, 3.05) is 32.5 Å². The molecule has 3 rings (SSSR count). The maximum Gasteiger partial charge on any atom is 0.322 e. The van der Waals surface area contributed by atoms with Gasteiger partial charge >= 0.3 is 6.03 Å². The molecule has 0 saturated heterocycles. The number of amides is 2. The van der Waals surface area contributed by atoms with Gasteiger partial charge in [-0.05, 0) is 50.2 Å².